The molecule has 2 atom stereocenters. The molecule has 28 heavy (non-hydrogen) atoms. The van der Waals surface area contributed by atoms with Crippen molar-refractivity contribution >= 4 is 39.3 Å². The van der Waals surface area contributed by atoms with E-state index in [1.807, 2.05) is 20.8 Å². The quantitative estimate of drug-likeness (QED) is 0.643. The molecule has 0 aliphatic carbocycles. The summed E-state index contributed by atoms with van der Waals surface area (Å²) < 4.78 is 6.57. The van der Waals surface area contributed by atoms with Gasteiger partial charge in [0.2, 0.25) is 11.8 Å². The molecule has 2 saturated heterocycles. The minimum Gasteiger partial charge on any atom is -0.376 e. The van der Waals surface area contributed by atoms with Gasteiger partial charge in [-0.1, -0.05) is 36.7 Å². The van der Waals surface area contributed by atoms with Gasteiger partial charge in [0.05, 0.1) is 18.2 Å². The SMILES string of the molecule is CC(C)(C)CC(=O)N(CC1CCCO1)C1CC(=O)N(c2ccc(Br)cc2)C1=O. The van der Waals surface area contributed by atoms with Crippen molar-refractivity contribution in [1.29, 1.82) is 0 Å². The summed E-state index contributed by atoms with van der Waals surface area (Å²) in [5, 5.41) is 0. The number of imide groups is 1. The van der Waals surface area contributed by atoms with Crippen molar-refractivity contribution < 1.29 is 19.1 Å². The first kappa shape index (κ1) is 21.0. The average molecular weight is 451 g/mol. The van der Waals surface area contributed by atoms with E-state index in [4.69, 9.17) is 4.74 Å². The molecule has 1 aromatic carbocycles. The van der Waals surface area contributed by atoms with Crippen molar-refractivity contribution in [2.24, 2.45) is 5.41 Å². The van der Waals surface area contributed by atoms with Gasteiger partial charge in [-0.15, -0.1) is 0 Å². The zero-order valence-corrected chi connectivity index (χ0v) is 18.2. The minimum absolute atomic E-state index is 0.0114. The summed E-state index contributed by atoms with van der Waals surface area (Å²) in [4.78, 5) is 41.6. The number of ether oxygens (including phenoxy) is 1. The molecule has 3 rings (SSSR count). The van der Waals surface area contributed by atoms with Gasteiger partial charge in [-0.25, -0.2) is 4.90 Å². The van der Waals surface area contributed by atoms with Crippen molar-refractivity contribution in [3.8, 4) is 0 Å². The Labute approximate surface area is 174 Å². The summed E-state index contributed by atoms with van der Waals surface area (Å²) in [6.45, 7) is 7.00. The maximum atomic E-state index is 13.1. The summed E-state index contributed by atoms with van der Waals surface area (Å²) in [7, 11) is 0. The molecule has 0 aromatic heterocycles. The average Bonchev–Trinajstić information content (AvgIpc) is 3.20. The van der Waals surface area contributed by atoms with Crippen LogP contribution >= 0.6 is 15.9 Å². The maximum absolute atomic E-state index is 13.1. The third kappa shape index (κ3) is 4.81. The molecule has 2 heterocycles. The number of hydrogen-bond donors (Lipinski definition) is 0. The summed E-state index contributed by atoms with van der Waals surface area (Å²) in [6, 6.07) is 6.26. The van der Waals surface area contributed by atoms with Gasteiger partial charge < -0.3 is 9.64 Å². The van der Waals surface area contributed by atoms with Crippen LogP contribution in [0.25, 0.3) is 0 Å². The lowest BCUT2D eigenvalue weighted by Gasteiger charge is -2.32. The Balaban J connectivity index is 1.84. The number of anilines is 1. The van der Waals surface area contributed by atoms with Crippen molar-refractivity contribution in [3.63, 3.8) is 0 Å². The number of benzene rings is 1. The lowest BCUT2D eigenvalue weighted by molar-refractivity contribution is -0.141. The monoisotopic (exact) mass is 450 g/mol. The molecule has 0 radical (unpaired) electrons. The number of hydrogen-bond acceptors (Lipinski definition) is 4. The summed E-state index contributed by atoms with van der Waals surface area (Å²) in [6.07, 6.45) is 2.07. The van der Waals surface area contributed by atoms with Crippen LogP contribution in [-0.4, -0.2) is 47.9 Å². The van der Waals surface area contributed by atoms with Crippen molar-refractivity contribution in [2.75, 3.05) is 18.1 Å². The highest BCUT2D eigenvalue weighted by Crippen LogP contribution is 2.30. The molecule has 7 heteroatoms. The van der Waals surface area contributed by atoms with Crippen molar-refractivity contribution in [2.45, 2.75) is 58.6 Å². The third-order valence-corrected chi connectivity index (χ3v) is 5.54. The molecular weight excluding hydrogens is 424 g/mol. The first-order valence-electron chi connectivity index (χ1n) is 9.69. The van der Waals surface area contributed by atoms with Gasteiger partial charge >= 0.3 is 0 Å². The number of carbonyl (C=O) groups excluding carboxylic acids is 3. The summed E-state index contributed by atoms with van der Waals surface area (Å²) in [5.41, 5.74) is 0.323. The van der Waals surface area contributed by atoms with E-state index in [9.17, 15) is 14.4 Å². The van der Waals surface area contributed by atoms with E-state index in [-0.39, 0.29) is 35.7 Å². The molecule has 2 fully saturated rings. The van der Waals surface area contributed by atoms with Gasteiger partial charge in [-0.2, -0.15) is 0 Å². The van der Waals surface area contributed by atoms with E-state index >= 15 is 0 Å². The number of nitrogens with zero attached hydrogens (tertiary/aromatic N) is 2. The topological polar surface area (TPSA) is 66.9 Å². The Morgan fingerprint density at radius 3 is 2.50 bits per heavy atom. The smallest absolute Gasteiger partial charge is 0.257 e. The van der Waals surface area contributed by atoms with Gasteiger partial charge in [-0.3, -0.25) is 14.4 Å². The Hall–Kier alpha value is -1.73. The van der Waals surface area contributed by atoms with Crippen LogP contribution in [-0.2, 0) is 19.1 Å². The third-order valence-electron chi connectivity index (χ3n) is 5.01. The van der Waals surface area contributed by atoms with Crippen LogP contribution in [0.15, 0.2) is 28.7 Å². The number of rotatable bonds is 5. The second-order valence-corrected chi connectivity index (χ2v) is 9.60. The Bertz CT molecular complexity index is 751. The highest BCUT2D eigenvalue weighted by Gasteiger charge is 2.45. The molecule has 152 valence electrons. The standard InChI is InChI=1S/C21H27BrN2O4/c1-21(2,3)12-19(26)23(13-16-5-4-10-28-16)17-11-18(25)24(20(17)27)15-8-6-14(22)7-9-15/h6-9,16-17H,4-5,10-13H2,1-3H3. The van der Waals surface area contributed by atoms with E-state index in [1.165, 1.54) is 4.90 Å². The highest BCUT2D eigenvalue weighted by atomic mass is 79.9. The van der Waals surface area contributed by atoms with Gasteiger partial charge in [0.1, 0.15) is 6.04 Å². The lowest BCUT2D eigenvalue weighted by Crippen LogP contribution is -2.49. The molecule has 0 saturated carbocycles. The van der Waals surface area contributed by atoms with E-state index in [1.54, 1.807) is 29.2 Å². The molecule has 0 bridgehead atoms. The Morgan fingerprint density at radius 1 is 1.25 bits per heavy atom. The molecule has 6 nitrogen and oxygen atoms in total. The lowest BCUT2D eigenvalue weighted by atomic mass is 9.91. The van der Waals surface area contributed by atoms with Crippen LogP contribution in [0.2, 0.25) is 0 Å². The fourth-order valence-corrected chi connectivity index (χ4v) is 3.95. The van der Waals surface area contributed by atoms with E-state index in [2.05, 4.69) is 15.9 Å². The fraction of sp³-hybridized carbons (Fsp3) is 0.571. The van der Waals surface area contributed by atoms with Gasteiger partial charge in [-0.05, 0) is 42.5 Å². The van der Waals surface area contributed by atoms with Crippen LogP contribution in [0.4, 0.5) is 5.69 Å². The predicted octanol–water partition coefficient (Wildman–Crippen LogP) is 3.52. The van der Waals surface area contributed by atoms with Gasteiger partial charge in [0, 0.05) is 24.0 Å². The zero-order valence-electron chi connectivity index (χ0n) is 16.6. The second kappa shape index (κ2) is 8.33. The normalized spacial score (nSPS) is 22.8. The van der Waals surface area contributed by atoms with Crippen molar-refractivity contribution in [1.82, 2.24) is 4.90 Å². The van der Waals surface area contributed by atoms with Gasteiger partial charge in [0.15, 0.2) is 0 Å². The summed E-state index contributed by atoms with van der Waals surface area (Å²) >= 11 is 3.36. The fourth-order valence-electron chi connectivity index (χ4n) is 3.69. The molecule has 0 spiro atoms. The van der Waals surface area contributed by atoms with Gasteiger partial charge in [0.25, 0.3) is 5.91 Å². The zero-order chi connectivity index (χ0) is 20.5. The largest absolute Gasteiger partial charge is 0.376 e. The van der Waals surface area contributed by atoms with Crippen LogP contribution in [0, 0.1) is 5.41 Å². The molecule has 1 aromatic rings. The molecule has 2 unspecified atom stereocenters. The Kier molecular flexibility index (Phi) is 6.25. The van der Waals surface area contributed by atoms with Crippen LogP contribution < -0.4 is 4.90 Å². The minimum atomic E-state index is -0.768. The number of carbonyl (C=O) groups is 3. The van der Waals surface area contributed by atoms with E-state index in [0.29, 0.717) is 25.3 Å². The van der Waals surface area contributed by atoms with Crippen LogP contribution in [0.5, 0.6) is 0 Å². The number of amides is 3. The van der Waals surface area contributed by atoms with Crippen LogP contribution in [0.1, 0.15) is 46.5 Å². The van der Waals surface area contributed by atoms with E-state index < -0.39 is 6.04 Å². The van der Waals surface area contributed by atoms with Crippen LogP contribution in [0.3, 0.4) is 0 Å². The first-order chi connectivity index (χ1) is 13.2. The molecule has 3 amide bonds. The predicted molar refractivity (Wildman–Crippen MR) is 110 cm³/mol. The summed E-state index contributed by atoms with van der Waals surface area (Å²) in [5.74, 6) is -0.724. The second-order valence-electron chi connectivity index (χ2n) is 8.68. The molecular formula is C21H27BrN2O4. The Morgan fingerprint density at radius 2 is 1.93 bits per heavy atom. The highest BCUT2D eigenvalue weighted by molar-refractivity contribution is 9.10. The number of halogens is 1. The van der Waals surface area contributed by atoms with Crippen molar-refractivity contribution in [3.05, 3.63) is 28.7 Å². The first-order valence-corrected chi connectivity index (χ1v) is 10.5. The molecule has 2 aliphatic heterocycles. The maximum Gasteiger partial charge on any atom is 0.257 e. The van der Waals surface area contributed by atoms with E-state index in [0.717, 1.165) is 17.3 Å². The molecule has 2 aliphatic rings. The molecule has 0 N–H and O–H groups in total.